The zero-order valence-electron chi connectivity index (χ0n) is 19.0. The molecule has 1 aliphatic heterocycles. The highest BCUT2D eigenvalue weighted by atomic mass is 16.5. The van der Waals surface area contributed by atoms with Crippen LogP contribution in [0, 0.1) is 6.92 Å². The smallest absolute Gasteiger partial charge is 0.252 e. The molecule has 2 aromatic carbocycles. The second kappa shape index (κ2) is 10.1. The van der Waals surface area contributed by atoms with Crippen LogP contribution in [0.1, 0.15) is 24.0 Å². The maximum absolute atomic E-state index is 13.2. The molecule has 1 saturated heterocycles. The van der Waals surface area contributed by atoms with Crippen molar-refractivity contribution in [2.75, 3.05) is 34.0 Å². The van der Waals surface area contributed by atoms with Gasteiger partial charge < -0.3 is 19.1 Å². The van der Waals surface area contributed by atoms with E-state index in [2.05, 4.69) is 31.2 Å². The summed E-state index contributed by atoms with van der Waals surface area (Å²) in [6.45, 7) is 4.13. The van der Waals surface area contributed by atoms with Crippen molar-refractivity contribution >= 4 is 16.8 Å². The monoisotopic (exact) mass is 434 g/mol. The van der Waals surface area contributed by atoms with Crippen molar-refractivity contribution in [1.82, 2.24) is 9.88 Å². The zero-order chi connectivity index (χ0) is 22.5. The quantitative estimate of drug-likeness (QED) is 0.527. The van der Waals surface area contributed by atoms with Crippen LogP contribution >= 0.6 is 0 Å². The predicted octanol–water partition coefficient (Wildman–Crippen LogP) is 4.37. The Kier molecular flexibility index (Phi) is 7.02. The van der Waals surface area contributed by atoms with Crippen molar-refractivity contribution < 1.29 is 19.0 Å². The lowest BCUT2D eigenvalue weighted by Crippen LogP contribution is -2.40. The molecule has 4 rings (SSSR count). The normalized spacial score (nSPS) is 15.8. The highest BCUT2D eigenvalue weighted by Crippen LogP contribution is 2.30. The molecule has 1 atom stereocenters. The maximum Gasteiger partial charge on any atom is 0.252 e. The van der Waals surface area contributed by atoms with Gasteiger partial charge in [0.15, 0.2) is 0 Å². The SMILES string of the molecule is COCCN(Cc1cc2ccc(OC)cc2nc1-c1cccc(C)c1)C(=O)[C@H]1CCCO1. The number of aryl methyl sites for hydroxylation is 1. The molecule has 1 amide bonds. The van der Waals surface area contributed by atoms with Gasteiger partial charge in [-0.25, -0.2) is 4.98 Å². The van der Waals surface area contributed by atoms with Gasteiger partial charge in [-0.3, -0.25) is 4.79 Å². The van der Waals surface area contributed by atoms with Gasteiger partial charge in [0.2, 0.25) is 0 Å². The average Bonchev–Trinajstić information content (AvgIpc) is 3.35. The molecular weight excluding hydrogens is 404 g/mol. The van der Waals surface area contributed by atoms with Crippen LogP contribution in [0.3, 0.4) is 0 Å². The summed E-state index contributed by atoms with van der Waals surface area (Å²) < 4.78 is 16.4. The standard InChI is InChI=1S/C26H30N2O4/c1-18-6-4-7-20(14-18)25-21(15-19-9-10-22(31-3)16-23(19)27-25)17-28(11-13-30-2)26(29)24-8-5-12-32-24/h4,6-7,9-10,14-16,24H,5,8,11-13,17H2,1-3H3/t24-/m1/s1. The van der Waals surface area contributed by atoms with Gasteiger partial charge in [0.25, 0.3) is 5.91 Å². The fraction of sp³-hybridized carbons (Fsp3) is 0.385. The first kappa shape index (κ1) is 22.2. The van der Waals surface area contributed by atoms with Crippen LogP contribution < -0.4 is 4.74 Å². The first-order valence-corrected chi connectivity index (χ1v) is 11.0. The Bertz CT molecular complexity index is 1090. The van der Waals surface area contributed by atoms with E-state index in [4.69, 9.17) is 19.2 Å². The third-order valence-electron chi connectivity index (χ3n) is 5.84. The molecule has 168 valence electrons. The van der Waals surface area contributed by atoms with Crippen LogP contribution in [0.15, 0.2) is 48.5 Å². The van der Waals surface area contributed by atoms with E-state index >= 15 is 0 Å². The van der Waals surface area contributed by atoms with Crippen LogP contribution in [0.2, 0.25) is 0 Å². The minimum Gasteiger partial charge on any atom is -0.497 e. The molecule has 1 aliphatic rings. The van der Waals surface area contributed by atoms with E-state index in [1.807, 2.05) is 29.2 Å². The second-order valence-electron chi connectivity index (χ2n) is 8.18. The molecule has 32 heavy (non-hydrogen) atoms. The van der Waals surface area contributed by atoms with Crippen LogP contribution in [0.5, 0.6) is 5.75 Å². The fourth-order valence-corrected chi connectivity index (χ4v) is 4.13. The number of pyridine rings is 1. The number of aromatic nitrogens is 1. The van der Waals surface area contributed by atoms with Crippen LogP contribution in [-0.4, -0.2) is 55.9 Å². The molecule has 0 saturated carbocycles. The number of methoxy groups -OCH3 is 2. The van der Waals surface area contributed by atoms with Crippen molar-refractivity contribution in [2.45, 2.75) is 32.4 Å². The van der Waals surface area contributed by atoms with Gasteiger partial charge in [0.1, 0.15) is 11.9 Å². The van der Waals surface area contributed by atoms with E-state index in [0.29, 0.717) is 26.3 Å². The third-order valence-corrected chi connectivity index (χ3v) is 5.84. The topological polar surface area (TPSA) is 60.9 Å². The van der Waals surface area contributed by atoms with E-state index < -0.39 is 0 Å². The molecule has 0 aliphatic carbocycles. The third kappa shape index (κ3) is 4.92. The van der Waals surface area contributed by atoms with Gasteiger partial charge in [-0.15, -0.1) is 0 Å². The Morgan fingerprint density at radius 3 is 2.78 bits per heavy atom. The number of ether oxygens (including phenoxy) is 3. The van der Waals surface area contributed by atoms with Gasteiger partial charge in [0.05, 0.1) is 24.9 Å². The van der Waals surface area contributed by atoms with Crippen molar-refractivity contribution in [2.24, 2.45) is 0 Å². The first-order valence-electron chi connectivity index (χ1n) is 11.0. The van der Waals surface area contributed by atoms with Crippen LogP contribution in [0.25, 0.3) is 22.2 Å². The number of rotatable bonds is 8. The largest absolute Gasteiger partial charge is 0.497 e. The molecule has 0 unspecified atom stereocenters. The Morgan fingerprint density at radius 2 is 2.06 bits per heavy atom. The van der Waals surface area contributed by atoms with E-state index in [9.17, 15) is 4.79 Å². The minimum atomic E-state index is -0.369. The number of nitrogens with zero attached hydrogens (tertiary/aromatic N) is 2. The molecule has 0 radical (unpaired) electrons. The van der Waals surface area contributed by atoms with E-state index in [1.54, 1.807) is 14.2 Å². The van der Waals surface area contributed by atoms with Crippen molar-refractivity contribution in [3.05, 3.63) is 59.7 Å². The molecule has 0 N–H and O–H groups in total. The van der Waals surface area contributed by atoms with E-state index in [-0.39, 0.29) is 12.0 Å². The number of hydrogen-bond donors (Lipinski definition) is 0. The number of benzene rings is 2. The van der Waals surface area contributed by atoms with Gasteiger partial charge in [-0.05, 0) is 49.6 Å². The molecule has 0 bridgehead atoms. The Hall–Kier alpha value is -2.96. The highest BCUT2D eigenvalue weighted by molar-refractivity contribution is 5.85. The number of amides is 1. The molecule has 2 heterocycles. The number of carbonyl (C=O) groups is 1. The molecule has 1 aromatic heterocycles. The second-order valence-corrected chi connectivity index (χ2v) is 8.18. The minimum absolute atomic E-state index is 0.0181. The van der Waals surface area contributed by atoms with Gasteiger partial charge >= 0.3 is 0 Å². The predicted molar refractivity (Wildman–Crippen MR) is 125 cm³/mol. The summed E-state index contributed by atoms with van der Waals surface area (Å²) in [5.41, 5.74) is 4.92. The number of carbonyl (C=O) groups excluding carboxylic acids is 1. The fourth-order valence-electron chi connectivity index (χ4n) is 4.13. The Balaban J connectivity index is 1.77. The average molecular weight is 435 g/mol. The summed E-state index contributed by atoms with van der Waals surface area (Å²) in [6, 6.07) is 16.3. The Morgan fingerprint density at radius 1 is 1.19 bits per heavy atom. The lowest BCUT2D eigenvalue weighted by molar-refractivity contribution is -0.142. The van der Waals surface area contributed by atoms with Crippen molar-refractivity contribution in [3.8, 4) is 17.0 Å². The molecule has 6 heteroatoms. The van der Waals surface area contributed by atoms with Gasteiger partial charge in [0, 0.05) is 43.8 Å². The summed E-state index contributed by atoms with van der Waals surface area (Å²) in [5, 5.41) is 1.01. The highest BCUT2D eigenvalue weighted by Gasteiger charge is 2.29. The molecule has 1 fully saturated rings. The maximum atomic E-state index is 13.2. The van der Waals surface area contributed by atoms with Crippen molar-refractivity contribution in [3.63, 3.8) is 0 Å². The van der Waals surface area contributed by atoms with Crippen molar-refractivity contribution in [1.29, 1.82) is 0 Å². The summed E-state index contributed by atoms with van der Waals surface area (Å²) >= 11 is 0. The lowest BCUT2D eigenvalue weighted by Gasteiger charge is -2.26. The molecule has 6 nitrogen and oxygen atoms in total. The Labute approximate surface area is 189 Å². The van der Waals surface area contributed by atoms with Gasteiger partial charge in [-0.1, -0.05) is 23.8 Å². The summed E-state index contributed by atoms with van der Waals surface area (Å²) in [7, 11) is 3.30. The lowest BCUT2D eigenvalue weighted by atomic mass is 10.0. The van der Waals surface area contributed by atoms with Crippen LogP contribution in [0.4, 0.5) is 0 Å². The number of fused-ring (bicyclic) bond motifs is 1. The van der Waals surface area contributed by atoms with E-state index in [1.165, 1.54) is 0 Å². The van der Waals surface area contributed by atoms with Crippen LogP contribution in [-0.2, 0) is 20.8 Å². The van der Waals surface area contributed by atoms with Gasteiger partial charge in [-0.2, -0.15) is 0 Å². The molecule has 0 spiro atoms. The zero-order valence-corrected chi connectivity index (χ0v) is 19.0. The number of hydrogen-bond acceptors (Lipinski definition) is 5. The molecular formula is C26H30N2O4. The summed E-state index contributed by atoms with van der Waals surface area (Å²) in [6.07, 6.45) is 1.32. The first-order chi connectivity index (χ1) is 15.6. The molecule has 3 aromatic rings. The summed E-state index contributed by atoms with van der Waals surface area (Å²) in [4.78, 5) is 20.1. The van der Waals surface area contributed by atoms with E-state index in [0.717, 1.165) is 51.9 Å². The summed E-state index contributed by atoms with van der Waals surface area (Å²) in [5.74, 6) is 0.785.